The van der Waals surface area contributed by atoms with Gasteiger partial charge in [0.2, 0.25) is 5.88 Å². The Balaban J connectivity index is 0.00000364. The number of hydrogen-bond donors (Lipinski definition) is 0. The van der Waals surface area contributed by atoms with Gasteiger partial charge < -0.3 is 14.6 Å². The first-order chi connectivity index (χ1) is 12.3. The zero-order valence-corrected chi connectivity index (χ0v) is 17.2. The summed E-state index contributed by atoms with van der Waals surface area (Å²) in [7, 11) is 0. The van der Waals surface area contributed by atoms with Crippen molar-refractivity contribution in [2.45, 2.75) is 38.8 Å². The molecule has 0 spiro atoms. The molecule has 5 nitrogen and oxygen atoms in total. The Hall–Kier alpha value is -1.64. The monoisotopic (exact) mass is 390 g/mol. The average Bonchev–Trinajstić information content (AvgIpc) is 2.56. The molecule has 1 heterocycles. The van der Waals surface area contributed by atoms with Crippen LogP contribution in [0.25, 0.3) is 11.4 Å². The molecule has 0 amide bonds. The van der Waals surface area contributed by atoms with Crippen molar-refractivity contribution in [3.8, 4) is 17.3 Å². The normalized spacial score (nSPS) is 11.0. The van der Waals surface area contributed by atoms with E-state index in [0.717, 1.165) is 12.1 Å². The van der Waals surface area contributed by atoms with Gasteiger partial charge in [0.1, 0.15) is 0 Å². The molecular weight excluding hydrogens is 372 g/mol. The van der Waals surface area contributed by atoms with Gasteiger partial charge >= 0.3 is 35.7 Å². The number of aromatic nitrogens is 2. The zero-order valence-electron chi connectivity index (χ0n) is 15.2. The molecule has 0 aliphatic carbocycles. The minimum absolute atomic E-state index is 0. The second kappa shape index (κ2) is 10.6. The van der Waals surface area contributed by atoms with E-state index in [-0.39, 0.29) is 41.8 Å². The van der Waals surface area contributed by atoms with Gasteiger partial charge in [-0.3, -0.25) is 0 Å². The van der Waals surface area contributed by atoms with Crippen LogP contribution in [0.4, 0.5) is 13.2 Å². The van der Waals surface area contributed by atoms with Crippen molar-refractivity contribution in [2.24, 2.45) is 0 Å². The van der Waals surface area contributed by atoms with Crippen molar-refractivity contribution in [3.63, 3.8) is 0 Å². The van der Waals surface area contributed by atoms with E-state index >= 15 is 0 Å². The molecule has 0 radical (unpaired) electrons. The summed E-state index contributed by atoms with van der Waals surface area (Å²) < 4.78 is 43.4. The molecule has 1 aromatic heterocycles. The average molecular weight is 390 g/mol. The SMILES string of the molecule is Cc1cc(OCCCCCC(=O)[O-])nc(-c2ccc(C(F)(F)F)cc2)n1.[Na+]. The van der Waals surface area contributed by atoms with Crippen LogP contribution in [0.2, 0.25) is 0 Å². The van der Waals surface area contributed by atoms with E-state index in [2.05, 4.69) is 9.97 Å². The van der Waals surface area contributed by atoms with Gasteiger partial charge in [-0.25, -0.2) is 4.98 Å². The molecule has 2 rings (SSSR count). The molecule has 0 N–H and O–H groups in total. The number of carboxylic acids is 1. The van der Waals surface area contributed by atoms with Crippen molar-refractivity contribution in [2.75, 3.05) is 6.61 Å². The predicted octanol–water partition coefficient (Wildman–Crippen LogP) is 0.164. The largest absolute Gasteiger partial charge is 1.00 e. The topological polar surface area (TPSA) is 75.1 Å². The minimum Gasteiger partial charge on any atom is -0.550 e. The Bertz CT molecular complexity index is 753. The van der Waals surface area contributed by atoms with E-state index in [1.165, 1.54) is 12.1 Å². The van der Waals surface area contributed by atoms with Gasteiger partial charge in [0, 0.05) is 23.3 Å². The molecule has 0 aliphatic rings. The van der Waals surface area contributed by atoms with Crippen molar-refractivity contribution in [1.29, 1.82) is 0 Å². The molecule has 0 unspecified atom stereocenters. The first-order valence-electron chi connectivity index (χ1n) is 8.11. The van der Waals surface area contributed by atoms with Gasteiger partial charge in [0.05, 0.1) is 12.2 Å². The van der Waals surface area contributed by atoms with Gasteiger partial charge in [-0.1, -0.05) is 12.1 Å². The van der Waals surface area contributed by atoms with Crippen LogP contribution in [-0.4, -0.2) is 22.5 Å². The van der Waals surface area contributed by atoms with Crippen LogP contribution in [0.1, 0.15) is 36.9 Å². The third-order valence-electron chi connectivity index (χ3n) is 3.58. The summed E-state index contributed by atoms with van der Waals surface area (Å²) in [5, 5.41) is 10.3. The van der Waals surface area contributed by atoms with Crippen molar-refractivity contribution in [1.82, 2.24) is 9.97 Å². The van der Waals surface area contributed by atoms with Crippen LogP contribution in [0.3, 0.4) is 0 Å². The van der Waals surface area contributed by atoms with E-state index < -0.39 is 17.7 Å². The van der Waals surface area contributed by atoms with Crippen LogP contribution in [0.5, 0.6) is 5.88 Å². The quantitative estimate of drug-likeness (QED) is 0.474. The first kappa shape index (κ1) is 23.4. The van der Waals surface area contributed by atoms with E-state index in [9.17, 15) is 23.1 Å². The molecular formula is C18H18F3N2NaO3. The second-order valence-corrected chi connectivity index (χ2v) is 5.78. The number of carbonyl (C=O) groups excluding carboxylic acids is 1. The molecule has 0 saturated carbocycles. The number of halogens is 3. The summed E-state index contributed by atoms with van der Waals surface area (Å²) in [6, 6.07) is 6.25. The standard InChI is InChI=1S/C18H19F3N2O3.Na/c1-12-11-15(26-10-4-2-3-5-16(24)25)23-17(22-12)13-6-8-14(9-7-13)18(19,20)21;/h6-9,11H,2-5,10H2,1H3,(H,24,25);/q;+1/p-1. The Morgan fingerprint density at radius 2 is 1.78 bits per heavy atom. The third kappa shape index (κ3) is 7.86. The molecule has 1 aromatic carbocycles. The second-order valence-electron chi connectivity index (χ2n) is 5.78. The predicted molar refractivity (Wildman–Crippen MR) is 86.2 cm³/mol. The smallest absolute Gasteiger partial charge is 0.550 e. The summed E-state index contributed by atoms with van der Waals surface area (Å²) in [5.74, 6) is -0.462. The third-order valence-corrected chi connectivity index (χ3v) is 3.58. The van der Waals surface area contributed by atoms with Crippen LogP contribution in [-0.2, 0) is 11.0 Å². The van der Waals surface area contributed by atoms with E-state index in [4.69, 9.17) is 4.74 Å². The minimum atomic E-state index is -4.39. The summed E-state index contributed by atoms with van der Waals surface area (Å²) in [6.45, 7) is 2.10. The molecule has 2 aromatic rings. The number of alkyl halides is 3. The number of rotatable bonds is 8. The van der Waals surface area contributed by atoms with Crippen LogP contribution in [0.15, 0.2) is 30.3 Å². The van der Waals surface area contributed by atoms with E-state index in [1.807, 2.05) is 0 Å². The van der Waals surface area contributed by atoms with Gasteiger partial charge in [-0.05, 0) is 44.7 Å². The van der Waals surface area contributed by atoms with E-state index in [1.54, 1.807) is 13.0 Å². The maximum absolute atomic E-state index is 12.6. The Kier molecular flexibility index (Phi) is 9.21. The molecule has 140 valence electrons. The maximum Gasteiger partial charge on any atom is 1.00 e. The number of hydrogen-bond acceptors (Lipinski definition) is 5. The molecule has 0 aliphatic heterocycles. The molecule has 9 heteroatoms. The van der Waals surface area contributed by atoms with E-state index in [0.29, 0.717) is 43.0 Å². The van der Waals surface area contributed by atoms with Crippen LogP contribution >= 0.6 is 0 Å². The number of aliphatic carboxylic acids is 1. The fraction of sp³-hybridized carbons (Fsp3) is 0.389. The molecule has 0 saturated heterocycles. The maximum atomic E-state index is 12.6. The van der Waals surface area contributed by atoms with Crippen LogP contribution < -0.4 is 39.4 Å². The van der Waals surface area contributed by atoms with Crippen molar-refractivity contribution in [3.05, 3.63) is 41.6 Å². The summed E-state index contributed by atoms with van der Waals surface area (Å²) in [4.78, 5) is 18.8. The van der Waals surface area contributed by atoms with Crippen molar-refractivity contribution >= 4 is 5.97 Å². The Morgan fingerprint density at radius 1 is 1.11 bits per heavy atom. The Labute approximate surface area is 177 Å². The fourth-order valence-electron chi connectivity index (χ4n) is 2.28. The first-order valence-corrected chi connectivity index (χ1v) is 8.11. The summed E-state index contributed by atoms with van der Waals surface area (Å²) in [5.41, 5.74) is 0.351. The van der Waals surface area contributed by atoms with Gasteiger partial charge in [0.15, 0.2) is 5.82 Å². The van der Waals surface area contributed by atoms with Gasteiger partial charge in [-0.2, -0.15) is 18.2 Å². The number of unbranched alkanes of at least 4 members (excludes halogenated alkanes) is 2. The zero-order chi connectivity index (χ0) is 19.2. The van der Waals surface area contributed by atoms with Crippen molar-refractivity contribution < 1.29 is 57.4 Å². The molecule has 0 fully saturated rings. The summed E-state index contributed by atoms with van der Waals surface area (Å²) >= 11 is 0. The molecule has 0 atom stereocenters. The number of benzene rings is 1. The van der Waals surface area contributed by atoms with Gasteiger partial charge in [0.25, 0.3) is 0 Å². The van der Waals surface area contributed by atoms with Gasteiger partial charge in [-0.15, -0.1) is 0 Å². The molecule has 0 bridgehead atoms. The number of carboxylic acid groups (broad SMARTS) is 1. The number of ether oxygens (including phenoxy) is 1. The summed E-state index contributed by atoms with van der Waals surface area (Å²) in [6.07, 6.45) is -2.51. The molecule has 27 heavy (non-hydrogen) atoms. The van der Waals surface area contributed by atoms with Crippen LogP contribution in [0, 0.1) is 6.92 Å². The number of aryl methyl sites for hydroxylation is 1. The number of carbonyl (C=O) groups is 1. The fourth-order valence-corrected chi connectivity index (χ4v) is 2.28. The number of nitrogens with zero attached hydrogens (tertiary/aromatic N) is 2. The Morgan fingerprint density at radius 3 is 2.37 bits per heavy atom.